The summed E-state index contributed by atoms with van der Waals surface area (Å²) in [6.07, 6.45) is 0.753. The lowest BCUT2D eigenvalue weighted by atomic mass is 10.1. The first-order chi connectivity index (χ1) is 14.6. The van der Waals surface area contributed by atoms with E-state index in [9.17, 15) is 28.8 Å². The molecule has 10 nitrogen and oxygen atoms in total. The SMILES string of the molecule is CC(=O)CCCCCNC(=O)OCC(COC(=O)CCC(C)=O)OC(=O)CCC(C)=O. The normalized spacial score (nSPS) is 11.2. The molecule has 0 aliphatic rings. The Balaban J connectivity index is 4.40. The summed E-state index contributed by atoms with van der Waals surface area (Å²) in [4.78, 5) is 68.1. The highest BCUT2D eigenvalue weighted by atomic mass is 16.6. The predicted molar refractivity (Wildman–Crippen MR) is 109 cm³/mol. The summed E-state index contributed by atoms with van der Waals surface area (Å²) < 4.78 is 15.1. The molecule has 0 rings (SSSR count). The minimum Gasteiger partial charge on any atom is -0.462 e. The second-order valence-electron chi connectivity index (χ2n) is 7.24. The van der Waals surface area contributed by atoms with Crippen LogP contribution in [0.4, 0.5) is 4.79 Å². The van der Waals surface area contributed by atoms with E-state index < -0.39 is 24.1 Å². The van der Waals surface area contributed by atoms with Crippen molar-refractivity contribution in [1.82, 2.24) is 5.32 Å². The number of hydrogen-bond donors (Lipinski definition) is 1. The molecule has 10 heteroatoms. The van der Waals surface area contributed by atoms with Crippen LogP contribution in [0.25, 0.3) is 0 Å². The second-order valence-corrected chi connectivity index (χ2v) is 7.24. The Bertz CT molecular complexity index is 630. The van der Waals surface area contributed by atoms with Crippen molar-refractivity contribution in [2.75, 3.05) is 19.8 Å². The summed E-state index contributed by atoms with van der Waals surface area (Å²) >= 11 is 0. The van der Waals surface area contributed by atoms with Crippen LogP contribution in [0.2, 0.25) is 0 Å². The van der Waals surface area contributed by atoms with E-state index in [4.69, 9.17) is 14.2 Å². The maximum atomic E-state index is 11.8. The Labute approximate surface area is 182 Å². The molecular weight excluding hydrogens is 410 g/mol. The molecule has 1 unspecified atom stereocenters. The molecule has 0 aromatic carbocycles. The number of nitrogens with one attached hydrogen (secondary N) is 1. The van der Waals surface area contributed by atoms with Crippen molar-refractivity contribution in [3.8, 4) is 0 Å². The zero-order chi connectivity index (χ0) is 23.6. The fourth-order valence-electron chi connectivity index (χ4n) is 2.26. The number of hydrogen-bond acceptors (Lipinski definition) is 9. The molecule has 176 valence electrons. The van der Waals surface area contributed by atoms with E-state index in [-0.39, 0.29) is 56.2 Å². The summed E-state index contributed by atoms with van der Waals surface area (Å²) in [6, 6.07) is 0. The van der Waals surface area contributed by atoms with Gasteiger partial charge in [0.1, 0.15) is 30.6 Å². The number of esters is 2. The third-order valence-corrected chi connectivity index (χ3v) is 3.97. The molecule has 0 bridgehead atoms. The van der Waals surface area contributed by atoms with Gasteiger partial charge in [0.25, 0.3) is 0 Å². The van der Waals surface area contributed by atoms with E-state index in [0.717, 1.165) is 12.8 Å². The number of amides is 1. The molecule has 31 heavy (non-hydrogen) atoms. The van der Waals surface area contributed by atoms with Crippen molar-refractivity contribution in [2.24, 2.45) is 0 Å². The molecule has 0 aromatic rings. The van der Waals surface area contributed by atoms with Crippen molar-refractivity contribution in [3.05, 3.63) is 0 Å². The predicted octanol–water partition coefficient (Wildman–Crippen LogP) is 2.06. The van der Waals surface area contributed by atoms with E-state index in [2.05, 4.69) is 5.32 Å². The van der Waals surface area contributed by atoms with Gasteiger partial charge in [-0.2, -0.15) is 0 Å². The first-order valence-corrected chi connectivity index (χ1v) is 10.3. The molecule has 0 heterocycles. The Morgan fingerprint density at radius 3 is 1.77 bits per heavy atom. The molecule has 0 spiro atoms. The van der Waals surface area contributed by atoms with Crippen LogP contribution in [0.5, 0.6) is 0 Å². The molecule has 0 fully saturated rings. The molecule has 0 radical (unpaired) electrons. The van der Waals surface area contributed by atoms with Crippen molar-refractivity contribution in [2.45, 2.75) is 78.2 Å². The lowest BCUT2D eigenvalue weighted by molar-refractivity contribution is -0.161. The lowest BCUT2D eigenvalue weighted by Crippen LogP contribution is -2.34. The Kier molecular flexibility index (Phi) is 15.4. The average Bonchev–Trinajstić information content (AvgIpc) is 2.69. The minimum absolute atomic E-state index is 0.00885. The molecular formula is C21H33NO9. The highest BCUT2D eigenvalue weighted by Gasteiger charge is 2.20. The number of ketones is 3. The quantitative estimate of drug-likeness (QED) is 0.203. The van der Waals surface area contributed by atoms with Crippen LogP contribution in [0.3, 0.4) is 0 Å². The Hall–Kier alpha value is -2.78. The van der Waals surface area contributed by atoms with Crippen LogP contribution in [-0.4, -0.2) is 61.2 Å². The topological polar surface area (TPSA) is 142 Å². The molecule has 0 aromatic heterocycles. The standard InChI is InChI=1S/C21H33NO9/c1-15(23)7-5-4-6-12-22-21(28)30-14-18(31-20(27)11-9-17(3)25)13-29-19(26)10-8-16(2)24/h18H,4-14H2,1-3H3,(H,22,28). The van der Waals surface area contributed by atoms with Gasteiger partial charge in [-0.15, -0.1) is 0 Å². The zero-order valence-corrected chi connectivity index (χ0v) is 18.5. The van der Waals surface area contributed by atoms with E-state index in [0.29, 0.717) is 19.4 Å². The second kappa shape index (κ2) is 17.0. The van der Waals surface area contributed by atoms with Crippen LogP contribution in [-0.2, 0) is 38.2 Å². The van der Waals surface area contributed by atoms with Gasteiger partial charge in [0.15, 0.2) is 6.10 Å². The highest BCUT2D eigenvalue weighted by molar-refractivity contribution is 5.81. The number of carbonyl (C=O) groups excluding carboxylic acids is 6. The van der Waals surface area contributed by atoms with Crippen molar-refractivity contribution >= 4 is 35.4 Å². The van der Waals surface area contributed by atoms with Crippen LogP contribution in [0.15, 0.2) is 0 Å². The minimum atomic E-state index is -1.04. The van der Waals surface area contributed by atoms with E-state index >= 15 is 0 Å². The van der Waals surface area contributed by atoms with Gasteiger partial charge in [-0.3, -0.25) is 9.59 Å². The van der Waals surface area contributed by atoms with Gasteiger partial charge in [0.2, 0.25) is 0 Å². The van der Waals surface area contributed by atoms with Crippen LogP contribution in [0, 0.1) is 0 Å². The Morgan fingerprint density at radius 1 is 0.645 bits per heavy atom. The van der Waals surface area contributed by atoms with Gasteiger partial charge in [-0.05, 0) is 33.6 Å². The van der Waals surface area contributed by atoms with Gasteiger partial charge in [-0.25, -0.2) is 4.79 Å². The van der Waals surface area contributed by atoms with Gasteiger partial charge >= 0.3 is 18.0 Å². The maximum Gasteiger partial charge on any atom is 0.407 e. The maximum absolute atomic E-state index is 11.8. The Morgan fingerprint density at radius 2 is 1.19 bits per heavy atom. The van der Waals surface area contributed by atoms with Crippen LogP contribution >= 0.6 is 0 Å². The van der Waals surface area contributed by atoms with Gasteiger partial charge < -0.3 is 33.9 Å². The number of alkyl carbamates (subject to hydrolysis) is 1. The number of carbonyl (C=O) groups is 6. The molecule has 0 aliphatic carbocycles. The first kappa shape index (κ1) is 28.2. The molecule has 0 saturated carbocycles. The monoisotopic (exact) mass is 443 g/mol. The van der Waals surface area contributed by atoms with Crippen molar-refractivity contribution in [3.63, 3.8) is 0 Å². The molecule has 0 aliphatic heterocycles. The van der Waals surface area contributed by atoms with Crippen molar-refractivity contribution < 1.29 is 43.0 Å². The van der Waals surface area contributed by atoms with Gasteiger partial charge in [0.05, 0.1) is 12.8 Å². The first-order valence-electron chi connectivity index (χ1n) is 10.3. The summed E-state index contributed by atoms with van der Waals surface area (Å²) in [5.74, 6) is -1.55. The largest absolute Gasteiger partial charge is 0.462 e. The molecule has 1 amide bonds. The van der Waals surface area contributed by atoms with E-state index in [1.54, 1.807) is 0 Å². The number of Topliss-reactive ketones (excluding diaryl/α,β-unsaturated/α-hetero) is 3. The van der Waals surface area contributed by atoms with Gasteiger partial charge in [-0.1, -0.05) is 6.42 Å². The van der Waals surface area contributed by atoms with E-state index in [1.165, 1.54) is 20.8 Å². The summed E-state index contributed by atoms with van der Waals surface area (Å²) in [5, 5.41) is 2.54. The summed E-state index contributed by atoms with van der Waals surface area (Å²) in [6.45, 7) is 3.89. The number of unbranched alkanes of at least 4 members (excludes halogenated alkanes) is 2. The molecule has 0 saturated heterocycles. The highest BCUT2D eigenvalue weighted by Crippen LogP contribution is 2.04. The third kappa shape index (κ3) is 19.0. The van der Waals surface area contributed by atoms with Crippen molar-refractivity contribution in [1.29, 1.82) is 0 Å². The zero-order valence-electron chi connectivity index (χ0n) is 18.5. The number of ether oxygens (including phenoxy) is 3. The summed E-state index contributed by atoms with van der Waals surface area (Å²) in [5.41, 5.74) is 0. The fraction of sp³-hybridized carbons (Fsp3) is 0.714. The van der Waals surface area contributed by atoms with Crippen LogP contribution < -0.4 is 5.32 Å². The smallest absolute Gasteiger partial charge is 0.407 e. The lowest BCUT2D eigenvalue weighted by Gasteiger charge is -2.18. The molecule has 1 N–H and O–H groups in total. The summed E-state index contributed by atoms with van der Waals surface area (Å²) in [7, 11) is 0. The van der Waals surface area contributed by atoms with E-state index in [1.807, 2.05) is 0 Å². The third-order valence-electron chi connectivity index (χ3n) is 3.97. The average molecular weight is 443 g/mol. The fourth-order valence-corrected chi connectivity index (χ4v) is 2.26. The van der Waals surface area contributed by atoms with Crippen LogP contribution in [0.1, 0.15) is 72.1 Å². The number of rotatable bonds is 17. The van der Waals surface area contributed by atoms with Gasteiger partial charge in [0, 0.05) is 25.8 Å². The molecule has 1 atom stereocenters.